The van der Waals surface area contributed by atoms with Gasteiger partial charge in [-0.1, -0.05) is 32.9 Å². The molecule has 2 amide bonds. The zero-order chi connectivity index (χ0) is 17.0. The van der Waals surface area contributed by atoms with E-state index >= 15 is 0 Å². The van der Waals surface area contributed by atoms with Gasteiger partial charge in [-0.25, -0.2) is 0 Å². The molecule has 4 nitrogen and oxygen atoms in total. The normalized spacial score (nSPS) is 15.2. The first-order chi connectivity index (χ1) is 10.9. The zero-order valence-electron chi connectivity index (χ0n) is 14.8. The Morgan fingerprint density at radius 2 is 1.70 bits per heavy atom. The summed E-state index contributed by atoms with van der Waals surface area (Å²) < 4.78 is 0. The zero-order valence-corrected chi connectivity index (χ0v) is 14.8. The molecule has 126 valence electrons. The van der Waals surface area contributed by atoms with Crippen molar-refractivity contribution >= 4 is 11.8 Å². The minimum absolute atomic E-state index is 0.0904. The second-order valence-corrected chi connectivity index (χ2v) is 6.65. The summed E-state index contributed by atoms with van der Waals surface area (Å²) in [6.07, 6.45) is 1.47. The highest BCUT2D eigenvalue weighted by molar-refractivity contribution is 5.96. The summed E-state index contributed by atoms with van der Waals surface area (Å²) in [5.74, 6) is 0.704. The molecule has 4 heteroatoms. The van der Waals surface area contributed by atoms with Gasteiger partial charge in [-0.15, -0.1) is 0 Å². The molecule has 1 fully saturated rings. The molecule has 23 heavy (non-hydrogen) atoms. The summed E-state index contributed by atoms with van der Waals surface area (Å²) in [7, 11) is 0. The van der Waals surface area contributed by atoms with Gasteiger partial charge in [-0.3, -0.25) is 9.59 Å². The van der Waals surface area contributed by atoms with Gasteiger partial charge in [0.05, 0.1) is 0 Å². The van der Waals surface area contributed by atoms with Crippen LogP contribution in [0.2, 0.25) is 0 Å². The predicted octanol–water partition coefficient (Wildman–Crippen LogP) is 3.20. The minimum Gasteiger partial charge on any atom is -0.339 e. The van der Waals surface area contributed by atoms with E-state index in [0.717, 1.165) is 17.5 Å². The molecule has 1 aromatic carbocycles. The van der Waals surface area contributed by atoms with Crippen LogP contribution in [0.1, 0.15) is 61.0 Å². The molecule has 0 radical (unpaired) electrons. The number of hydrogen-bond donors (Lipinski definition) is 0. The molecule has 0 saturated carbocycles. The molecular formula is C19H28N2O2. The molecule has 0 atom stereocenters. The molecule has 0 N–H and O–H groups in total. The van der Waals surface area contributed by atoms with Crippen LogP contribution in [0.25, 0.3) is 0 Å². The van der Waals surface area contributed by atoms with Crippen LogP contribution in [-0.4, -0.2) is 47.8 Å². The Hall–Kier alpha value is -1.84. The van der Waals surface area contributed by atoms with Gasteiger partial charge in [0.1, 0.15) is 0 Å². The van der Waals surface area contributed by atoms with Crippen LogP contribution < -0.4 is 0 Å². The van der Waals surface area contributed by atoms with Crippen molar-refractivity contribution in [1.82, 2.24) is 9.80 Å². The molecule has 0 unspecified atom stereocenters. The average molecular weight is 316 g/mol. The van der Waals surface area contributed by atoms with E-state index in [4.69, 9.17) is 0 Å². The molecule has 1 aromatic rings. The van der Waals surface area contributed by atoms with Crippen molar-refractivity contribution in [2.24, 2.45) is 0 Å². The SMILES string of the molecule is CCCC(=O)N1CCN(C(=O)c2cc(C(C)C)ccc2C)CC1. The van der Waals surface area contributed by atoms with Crippen LogP contribution in [0.3, 0.4) is 0 Å². The van der Waals surface area contributed by atoms with E-state index in [1.165, 1.54) is 5.56 Å². The van der Waals surface area contributed by atoms with Crippen molar-refractivity contribution < 1.29 is 9.59 Å². The van der Waals surface area contributed by atoms with Crippen LogP contribution in [0.4, 0.5) is 0 Å². The number of carbonyl (C=O) groups excluding carboxylic acids is 2. The predicted molar refractivity (Wildman–Crippen MR) is 92.7 cm³/mol. The van der Waals surface area contributed by atoms with Crippen LogP contribution in [-0.2, 0) is 4.79 Å². The first-order valence-corrected chi connectivity index (χ1v) is 8.61. The average Bonchev–Trinajstić information content (AvgIpc) is 2.55. The van der Waals surface area contributed by atoms with Crippen molar-refractivity contribution in [3.63, 3.8) is 0 Å². The fraction of sp³-hybridized carbons (Fsp3) is 0.579. The lowest BCUT2D eigenvalue weighted by molar-refractivity contribution is -0.132. The number of carbonyl (C=O) groups is 2. The van der Waals surface area contributed by atoms with Crippen LogP contribution in [0.5, 0.6) is 0 Å². The quantitative estimate of drug-likeness (QED) is 0.856. The molecule has 1 heterocycles. The molecular weight excluding hydrogens is 288 g/mol. The van der Waals surface area contributed by atoms with Gasteiger partial charge in [-0.2, -0.15) is 0 Å². The Labute approximate surface area is 139 Å². The van der Waals surface area contributed by atoms with Crippen molar-refractivity contribution in [3.8, 4) is 0 Å². The Morgan fingerprint density at radius 1 is 1.09 bits per heavy atom. The lowest BCUT2D eigenvalue weighted by Gasteiger charge is -2.35. The smallest absolute Gasteiger partial charge is 0.254 e. The monoisotopic (exact) mass is 316 g/mol. The van der Waals surface area contributed by atoms with E-state index in [0.29, 0.717) is 38.5 Å². The third kappa shape index (κ3) is 4.12. The van der Waals surface area contributed by atoms with E-state index < -0.39 is 0 Å². The molecule has 1 aliphatic rings. The second kappa shape index (κ2) is 7.62. The highest BCUT2D eigenvalue weighted by Crippen LogP contribution is 2.20. The Kier molecular flexibility index (Phi) is 5.80. The Balaban J connectivity index is 2.05. The number of nitrogens with zero attached hydrogens (tertiary/aromatic N) is 2. The van der Waals surface area contributed by atoms with E-state index in [1.54, 1.807) is 0 Å². The summed E-state index contributed by atoms with van der Waals surface area (Å²) in [6, 6.07) is 6.15. The molecule has 1 saturated heterocycles. The summed E-state index contributed by atoms with van der Waals surface area (Å²) in [4.78, 5) is 28.5. The van der Waals surface area contributed by atoms with Crippen LogP contribution in [0.15, 0.2) is 18.2 Å². The maximum absolute atomic E-state index is 12.8. The number of amides is 2. The molecule has 2 rings (SSSR count). The topological polar surface area (TPSA) is 40.6 Å². The van der Waals surface area contributed by atoms with Crippen molar-refractivity contribution in [2.45, 2.75) is 46.5 Å². The summed E-state index contributed by atoms with van der Waals surface area (Å²) in [5.41, 5.74) is 3.00. The molecule has 0 spiro atoms. The summed E-state index contributed by atoms with van der Waals surface area (Å²) in [6.45, 7) is 10.8. The van der Waals surface area contributed by atoms with Gasteiger partial charge >= 0.3 is 0 Å². The first-order valence-electron chi connectivity index (χ1n) is 8.61. The van der Waals surface area contributed by atoms with Gasteiger partial charge in [-0.05, 0) is 36.5 Å². The van der Waals surface area contributed by atoms with E-state index in [2.05, 4.69) is 19.9 Å². The molecule has 1 aliphatic heterocycles. The fourth-order valence-electron chi connectivity index (χ4n) is 2.93. The van der Waals surface area contributed by atoms with Crippen molar-refractivity contribution in [3.05, 3.63) is 34.9 Å². The third-order valence-electron chi connectivity index (χ3n) is 4.54. The van der Waals surface area contributed by atoms with Gasteiger partial charge < -0.3 is 9.80 Å². The maximum atomic E-state index is 12.8. The highest BCUT2D eigenvalue weighted by Gasteiger charge is 2.25. The molecule has 0 aliphatic carbocycles. The van der Waals surface area contributed by atoms with E-state index in [1.807, 2.05) is 35.8 Å². The van der Waals surface area contributed by atoms with E-state index in [9.17, 15) is 9.59 Å². The Bertz CT molecular complexity index is 573. The fourth-order valence-corrected chi connectivity index (χ4v) is 2.93. The first kappa shape index (κ1) is 17.5. The highest BCUT2D eigenvalue weighted by atomic mass is 16.2. The van der Waals surface area contributed by atoms with Crippen LogP contribution in [0, 0.1) is 6.92 Å². The van der Waals surface area contributed by atoms with Gasteiger partial charge in [0.25, 0.3) is 5.91 Å². The lowest BCUT2D eigenvalue weighted by atomic mass is 9.97. The van der Waals surface area contributed by atoms with Crippen LogP contribution >= 0.6 is 0 Å². The number of piperazine rings is 1. The minimum atomic E-state index is 0.0904. The lowest BCUT2D eigenvalue weighted by Crippen LogP contribution is -2.50. The number of benzene rings is 1. The number of rotatable bonds is 4. The standard InChI is InChI=1S/C19H28N2O2/c1-5-6-18(22)20-9-11-21(12-10-20)19(23)17-13-16(14(2)3)8-7-15(17)4/h7-8,13-14H,5-6,9-12H2,1-4H3. The van der Waals surface area contributed by atoms with E-state index in [-0.39, 0.29) is 11.8 Å². The van der Waals surface area contributed by atoms with Gasteiger partial charge in [0, 0.05) is 38.2 Å². The third-order valence-corrected chi connectivity index (χ3v) is 4.54. The summed E-state index contributed by atoms with van der Waals surface area (Å²) >= 11 is 0. The summed E-state index contributed by atoms with van der Waals surface area (Å²) in [5, 5.41) is 0. The maximum Gasteiger partial charge on any atom is 0.254 e. The number of aryl methyl sites for hydroxylation is 1. The number of hydrogen-bond acceptors (Lipinski definition) is 2. The Morgan fingerprint density at radius 3 is 2.26 bits per heavy atom. The molecule has 0 aromatic heterocycles. The largest absolute Gasteiger partial charge is 0.339 e. The van der Waals surface area contributed by atoms with Crippen molar-refractivity contribution in [2.75, 3.05) is 26.2 Å². The second-order valence-electron chi connectivity index (χ2n) is 6.65. The molecule has 0 bridgehead atoms. The van der Waals surface area contributed by atoms with Crippen molar-refractivity contribution in [1.29, 1.82) is 0 Å². The van der Waals surface area contributed by atoms with Gasteiger partial charge in [0.2, 0.25) is 5.91 Å². The van der Waals surface area contributed by atoms with Gasteiger partial charge in [0.15, 0.2) is 0 Å².